The van der Waals surface area contributed by atoms with Crippen molar-refractivity contribution in [1.82, 2.24) is 16.0 Å². The van der Waals surface area contributed by atoms with Crippen LogP contribution in [0.5, 0.6) is 5.75 Å². The molecule has 4 atom stereocenters. The van der Waals surface area contributed by atoms with E-state index in [0.717, 1.165) is 0 Å². The van der Waals surface area contributed by atoms with Gasteiger partial charge < -0.3 is 37.6 Å². The largest absolute Gasteiger partial charge is 0.508 e. The number of hydrogen-bond acceptors (Lipinski definition) is 7. The van der Waals surface area contributed by atoms with Crippen LogP contribution < -0.4 is 27.4 Å². The summed E-state index contributed by atoms with van der Waals surface area (Å²) in [5, 5.41) is 26.4. The number of aliphatic carboxylic acids is 1. The average Bonchev–Trinajstić information content (AvgIpc) is 2.77. The van der Waals surface area contributed by atoms with Crippen molar-refractivity contribution in [2.45, 2.75) is 70.6 Å². The Labute approximate surface area is 203 Å². The Hall–Kier alpha value is -3.67. The lowest BCUT2D eigenvalue weighted by Crippen LogP contribution is -2.56. The average molecular weight is 494 g/mol. The van der Waals surface area contributed by atoms with E-state index in [1.807, 2.05) is 13.8 Å². The summed E-state index contributed by atoms with van der Waals surface area (Å²) in [5.74, 6) is -3.85. The molecule has 194 valence electrons. The number of phenolic OH excluding ortho intramolecular Hbond substituents is 1. The maximum Gasteiger partial charge on any atom is 0.326 e. The van der Waals surface area contributed by atoms with Gasteiger partial charge in [0.25, 0.3) is 0 Å². The Morgan fingerprint density at radius 2 is 1.46 bits per heavy atom. The van der Waals surface area contributed by atoms with Gasteiger partial charge in [0.15, 0.2) is 0 Å². The summed E-state index contributed by atoms with van der Waals surface area (Å²) < 4.78 is 0. The predicted octanol–water partition coefficient (Wildman–Crippen LogP) is -0.867. The molecule has 0 saturated carbocycles. The normalized spacial score (nSPS) is 14.3. The third-order valence-corrected chi connectivity index (χ3v) is 5.12. The molecule has 0 fully saturated rings. The van der Waals surface area contributed by atoms with Crippen LogP contribution in [0.15, 0.2) is 24.3 Å². The maximum absolute atomic E-state index is 12.9. The molecule has 4 unspecified atom stereocenters. The molecule has 1 aromatic carbocycles. The molecular weight excluding hydrogens is 458 g/mol. The number of carbonyl (C=O) groups excluding carboxylic acids is 4. The lowest BCUT2D eigenvalue weighted by atomic mass is 10.0. The number of nitrogens with one attached hydrogen (secondary N) is 3. The van der Waals surface area contributed by atoms with Gasteiger partial charge in [0.2, 0.25) is 23.6 Å². The van der Waals surface area contributed by atoms with Gasteiger partial charge in [-0.1, -0.05) is 26.0 Å². The van der Waals surface area contributed by atoms with E-state index in [4.69, 9.17) is 11.5 Å². The summed E-state index contributed by atoms with van der Waals surface area (Å²) in [4.78, 5) is 60.3. The van der Waals surface area contributed by atoms with Crippen molar-refractivity contribution in [3.63, 3.8) is 0 Å². The number of carbonyl (C=O) groups is 5. The molecule has 1 rings (SSSR count). The summed E-state index contributed by atoms with van der Waals surface area (Å²) in [5.41, 5.74) is 11.3. The Bertz CT molecular complexity index is 904. The van der Waals surface area contributed by atoms with Crippen LogP contribution in [0.3, 0.4) is 0 Å². The number of benzene rings is 1. The summed E-state index contributed by atoms with van der Waals surface area (Å²) in [6.45, 7) is 5.07. The molecule has 9 N–H and O–H groups in total. The maximum atomic E-state index is 12.9. The number of phenols is 1. The first-order valence-electron chi connectivity index (χ1n) is 11.3. The standard InChI is InChI=1S/C23H35N5O7/c1-12(2)10-17(27-20(31)13(3)26-21(32)16(24)8-9-19(25)30)22(33)28-18(23(34)35)11-14-4-6-15(29)7-5-14/h4-7,12-13,16-18,29H,8-11,24H2,1-3H3,(H2,25,30)(H,26,32)(H,27,31)(H,28,33)(H,34,35). The second-order valence-electron chi connectivity index (χ2n) is 8.80. The minimum absolute atomic E-state index is 0.0152. The van der Waals surface area contributed by atoms with Crippen LogP contribution in [0.25, 0.3) is 0 Å². The van der Waals surface area contributed by atoms with E-state index in [1.165, 1.54) is 19.1 Å². The fraction of sp³-hybridized carbons (Fsp3) is 0.522. The van der Waals surface area contributed by atoms with Crippen LogP contribution in [-0.4, -0.2) is 64.0 Å². The van der Waals surface area contributed by atoms with Gasteiger partial charge >= 0.3 is 5.97 Å². The lowest BCUT2D eigenvalue weighted by molar-refractivity contribution is -0.142. The van der Waals surface area contributed by atoms with Gasteiger partial charge in [-0.05, 0) is 43.4 Å². The highest BCUT2D eigenvalue weighted by atomic mass is 16.4. The van der Waals surface area contributed by atoms with E-state index in [-0.39, 0.29) is 37.4 Å². The van der Waals surface area contributed by atoms with Crippen molar-refractivity contribution in [3.05, 3.63) is 29.8 Å². The number of amides is 4. The second-order valence-corrected chi connectivity index (χ2v) is 8.80. The van der Waals surface area contributed by atoms with Gasteiger partial charge in [0, 0.05) is 12.8 Å². The highest BCUT2D eigenvalue weighted by Gasteiger charge is 2.29. The van der Waals surface area contributed by atoms with E-state index in [2.05, 4.69) is 16.0 Å². The van der Waals surface area contributed by atoms with E-state index >= 15 is 0 Å². The smallest absolute Gasteiger partial charge is 0.326 e. The molecule has 4 amide bonds. The van der Waals surface area contributed by atoms with Crippen molar-refractivity contribution in [1.29, 1.82) is 0 Å². The van der Waals surface area contributed by atoms with Crippen molar-refractivity contribution in [3.8, 4) is 5.75 Å². The van der Waals surface area contributed by atoms with E-state index < -0.39 is 53.8 Å². The highest BCUT2D eigenvalue weighted by Crippen LogP contribution is 2.12. The van der Waals surface area contributed by atoms with Crippen molar-refractivity contribution < 1.29 is 34.2 Å². The highest BCUT2D eigenvalue weighted by molar-refractivity contribution is 5.94. The fourth-order valence-corrected chi connectivity index (χ4v) is 3.15. The number of aromatic hydroxyl groups is 1. The van der Waals surface area contributed by atoms with Crippen LogP contribution in [0, 0.1) is 5.92 Å². The number of nitrogens with two attached hydrogens (primary N) is 2. The van der Waals surface area contributed by atoms with Crippen LogP contribution in [0.2, 0.25) is 0 Å². The van der Waals surface area contributed by atoms with Gasteiger partial charge in [-0.15, -0.1) is 0 Å². The molecule has 0 spiro atoms. The third-order valence-electron chi connectivity index (χ3n) is 5.12. The summed E-state index contributed by atoms with van der Waals surface area (Å²) in [7, 11) is 0. The first kappa shape index (κ1) is 29.4. The SMILES string of the molecule is CC(C)CC(NC(=O)C(C)NC(=O)C(N)CCC(N)=O)C(=O)NC(Cc1ccc(O)cc1)C(=O)O. The van der Waals surface area contributed by atoms with E-state index in [1.54, 1.807) is 12.1 Å². The molecule has 0 aliphatic heterocycles. The number of hydrogen-bond donors (Lipinski definition) is 7. The van der Waals surface area contributed by atoms with E-state index in [9.17, 15) is 34.2 Å². The van der Waals surface area contributed by atoms with Crippen LogP contribution in [-0.2, 0) is 30.4 Å². The van der Waals surface area contributed by atoms with Crippen molar-refractivity contribution in [2.24, 2.45) is 17.4 Å². The molecule has 12 heteroatoms. The Morgan fingerprint density at radius 3 is 1.97 bits per heavy atom. The number of carboxylic acids is 1. The first-order valence-corrected chi connectivity index (χ1v) is 11.3. The fourth-order valence-electron chi connectivity index (χ4n) is 3.15. The molecule has 0 bridgehead atoms. The van der Waals surface area contributed by atoms with Gasteiger partial charge in [-0.2, -0.15) is 0 Å². The molecule has 0 saturated heterocycles. The Morgan fingerprint density at radius 1 is 0.886 bits per heavy atom. The molecule has 35 heavy (non-hydrogen) atoms. The predicted molar refractivity (Wildman–Crippen MR) is 127 cm³/mol. The molecule has 0 aliphatic carbocycles. The molecule has 0 aromatic heterocycles. The quantitative estimate of drug-likeness (QED) is 0.172. The zero-order valence-electron chi connectivity index (χ0n) is 20.1. The van der Waals surface area contributed by atoms with Gasteiger partial charge in [0.05, 0.1) is 6.04 Å². The molecular formula is C23H35N5O7. The molecule has 0 heterocycles. The van der Waals surface area contributed by atoms with Crippen LogP contribution in [0.1, 0.15) is 45.6 Å². The van der Waals surface area contributed by atoms with Crippen molar-refractivity contribution in [2.75, 3.05) is 0 Å². The zero-order chi connectivity index (χ0) is 26.7. The van der Waals surface area contributed by atoms with Crippen molar-refractivity contribution >= 4 is 29.6 Å². The van der Waals surface area contributed by atoms with E-state index in [0.29, 0.717) is 5.56 Å². The summed E-state index contributed by atoms with van der Waals surface area (Å²) >= 11 is 0. The Balaban J connectivity index is 2.82. The minimum Gasteiger partial charge on any atom is -0.508 e. The summed E-state index contributed by atoms with van der Waals surface area (Å²) in [6.07, 6.45) is 0.132. The molecule has 0 radical (unpaired) electrons. The molecule has 0 aliphatic rings. The molecule has 1 aromatic rings. The van der Waals surface area contributed by atoms with Crippen LogP contribution >= 0.6 is 0 Å². The Kier molecular flexibility index (Phi) is 11.7. The third kappa shape index (κ3) is 10.9. The van der Waals surface area contributed by atoms with Gasteiger partial charge in [0.1, 0.15) is 23.9 Å². The zero-order valence-corrected chi connectivity index (χ0v) is 20.1. The first-order chi connectivity index (χ1) is 16.3. The van der Waals surface area contributed by atoms with Gasteiger partial charge in [-0.3, -0.25) is 19.2 Å². The monoisotopic (exact) mass is 493 g/mol. The van der Waals surface area contributed by atoms with Gasteiger partial charge in [-0.25, -0.2) is 4.79 Å². The minimum atomic E-state index is -1.26. The summed E-state index contributed by atoms with van der Waals surface area (Å²) in [6, 6.07) is 1.51. The number of rotatable bonds is 14. The number of carboxylic acid groups (broad SMARTS) is 1. The topological polar surface area (TPSA) is 214 Å². The lowest BCUT2D eigenvalue weighted by Gasteiger charge is -2.25. The molecule has 12 nitrogen and oxygen atoms in total. The number of primary amides is 1. The van der Waals surface area contributed by atoms with Crippen LogP contribution in [0.4, 0.5) is 0 Å². The second kappa shape index (κ2) is 13.9.